The number of benzene rings is 3. The first-order chi connectivity index (χ1) is 12.7. The number of ether oxygens (including phenoxy) is 2. The molecule has 0 unspecified atom stereocenters. The molecule has 4 heteroatoms. The molecule has 0 saturated carbocycles. The van der Waals surface area contributed by atoms with Gasteiger partial charge in [-0.15, -0.1) is 0 Å². The molecular weight excluding hydrogens is 346 g/mol. The van der Waals surface area contributed by atoms with Gasteiger partial charge in [0.05, 0.1) is 26.5 Å². The van der Waals surface area contributed by atoms with Crippen LogP contribution >= 0.6 is 11.6 Å². The third kappa shape index (κ3) is 2.85. The lowest BCUT2D eigenvalue weighted by molar-refractivity contribution is 0.355. The Kier molecular flexibility index (Phi) is 4.39. The number of aliphatic imine (C=N–C) groups is 1. The summed E-state index contributed by atoms with van der Waals surface area (Å²) in [5, 5.41) is 0.691. The van der Waals surface area contributed by atoms with E-state index in [-0.39, 0.29) is 0 Å². The third-order valence-electron chi connectivity index (χ3n) is 4.61. The van der Waals surface area contributed by atoms with Crippen molar-refractivity contribution in [1.29, 1.82) is 0 Å². The fraction of sp³-hybridized carbons (Fsp3) is 0.136. The van der Waals surface area contributed by atoms with Crippen molar-refractivity contribution in [2.24, 2.45) is 4.99 Å². The van der Waals surface area contributed by atoms with Crippen molar-refractivity contribution in [3.63, 3.8) is 0 Å². The summed E-state index contributed by atoms with van der Waals surface area (Å²) in [6.45, 7) is 0.617. The Morgan fingerprint density at radius 1 is 0.808 bits per heavy atom. The van der Waals surface area contributed by atoms with Gasteiger partial charge in [-0.1, -0.05) is 41.9 Å². The van der Waals surface area contributed by atoms with Crippen LogP contribution in [0.15, 0.2) is 65.7 Å². The Balaban J connectivity index is 1.93. The first-order valence-corrected chi connectivity index (χ1v) is 8.74. The van der Waals surface area contributed by atoms with Gasteiger partial charge in [-0.2, -0.15) is 0 Å². The highest BCUT2D eigenvalue weighted by Crippen LogP contribution is 2.36. The van der Waals surface area contributed by atoms with Crippen LogP contribution in [-0.4, -0.2) is 19.9 Å². The van der Waals surface area contributed by atoms with E-state index < -0.39 is 0 Å². The minimum Gasteiger partial charge on any atom is -0.493 e. The van der Waals surface area contributed by atoms with E-state index in [0.717, 1.165) is 22.4 Å². The SMILES string of the molecule is COc1ccc(C2=NCc3ccccc3-c3ccc(Cl)cc32)cc1OC. The van der Waals surface area contributed by atoms with Crippen LogP contribution in [-0.2, 0) is 6.54 Å². The first kappa shape index (κ1) is 16.7. The zero-order valence-corrected chi connectivity index (χ0v) is 15.4. The number of hydrogen-bond acceptors (Lipinski definition) is 3. The Labute approximate surface area is 157 Å². The fourth-order valence-corrected chi connectivity index (χ4v) is 3.52. The molecule has 0 aliphatic carbocycles. The van der Waals surface area contributed by atoms with Crippen LogP contribution in [0.2, 0.25) is 5.02 Å². The predicted molar refractivity (Wildman–Crippen MR) is 106 cm³/mol. The molecule has 3 aromatic rings. The van der Waals surface area contributed by atoms with Crippen molar-refractivity contribution in [2.45, 2.75) is 6.54 Å². The maximum Gasteiger partial charge on any atom is 0.161 e. The Hall–Kier alpha value is -2.78. The molecular formula is C22H18ClNO2. The van der Waals surface area contributed by atoms with Crippen molar-refractivity contribution in [3.8, 4) is 22.6 Å². The molecule has 0 N–H and O–H groups in total. The van der Waals surface area contributed by atoms with Gasteiger partial charge >= 0.3 is 0 Å². The van der Waals surface area contributed by atoms with E-state index in [0.29, 0.717) is 23.1 Å². The number of fused-ring (bicyclic) bond motifs is 3. The molecule has 130 valence electrons. The van der Waals surface area contributed by atoms with Gasteiger partial charge in [0, 0.05) is 16.1 Å². The minimum atomic E-state index is 0.617. The smallest absolute Gasteiger partial charge is 0.161 e. The summed E-state index contributed by atoms with van der Waals surface area (Å²) in [5.74, 6) is 1.37. The summed E-state index contributed by atoms with van der Waals surface area (Å²) in [5.41, 5.74) is 6.43. The van der Waals surface area contributed by atoms with E-state index in [4.69, 9.17) is 26.1 Å². The number of hydrogen-bond donors (Lipinski definition) is 0. The zero-order valence-electron chi connectivity index (χ0n) is 14.6. The second-order valence-electron chi connectivity index (χ2n) is 6.08. The van der Waals surface area contributed by atoms with E-state index in [1.165, 1.54) is 11.1 Å². The lowest BCUT2D eigenvalue weighted by atomic mass is 9.92. The van der Waals surface area contributed by atoms with Crippen LogP contribution in [0.4, 0.5) is 0 Å². The monoisotopic (exact) mass is 363 g/mol. The largest absolute Gasteiger partial charge is 0.493 e. The highest BCUT2D eigenvalue weighted by molar-refractivity contribution is 6.31. The molecule has 0 radical (unpaired) electrons. The highest BCUT2D eigenvalue weighted by Gasteiger charge is 2.20. The van der Waals surface area contributed by atoms with Crippen molar-refractivity contribution in [2.75, 3.05) is 14.2 Å². The van der Waals surface area contributed by atoms with Gasteiger partial charge in [0.2, 0.25) is 0 Å². The topological polar surface area (TPSA) is 30.8 Å². The van der Waals surface area contributed by atoms with Gasteiger partial charge < -0.3 is 9.47 Å². The van der Waals surface area contributed by atoms with Crippen LogP contribution in [0, 0.1) is 0 Å². The summed E-state index contributed by atoms with van der Waals surface area (Å²) < 4.78 is 10.8. The lowest BCUT2D eigenvalue weighted by Crippen LogP contribution is -2.05. The molecule has 0 saturated heterocycles. The Bertz CT molecular complexity index is 1010. The predicted octanol–water partition coefficient (Wildman–Crippen LogP) is 5.38. The van der Waals surface area contributed by atoms with Gasteiger partial charge in [-0.3, -0.25) is 4.99 Å². The molecule has 26 heavy (non-hydrogen) atoms. The van der Waals surface area contributed by atoms with E-state index in [2.05, 4.69) is 24.3 Å². The van der Waals surface area contributed by atoms with Crippen LogP contribution in [0.3, 0.4) is 0 Å². The average molecular weight is 364 g/mol. The summed E-state index contributed by atoms with van der Waals surface area (Å²) in [6, 6.07) is 20.2. The van der Waals surface area contributed by atoms with Crippen molar-refractivity contribution in [1.82, 2.24) is 0 Å². The summed E-state index contributed by atoms with van der Waals surface area (Å²) in [7, 11) is 3.27. The summed E-state index contributed by atoms with van der Waals surface area (Å²) in [4.78, 5) is 4.91. The van der Waals surface area contributed by atoms with Crippen LogP contribution < -0.4 is 9.47 Å². The molecule has 1 aliphatic rings. The van der Waals surface area contributed by atoms with Gasteiger partial charge in [0.15, 0.2) is 11.5 Å². The van der Waals surface area contributed by atoms with E-state index in [9.17, 15) is 0 Å². The molecule has 4 rings (SSSR count). The number of methoxy groups -OCH3 is 2. The second kappa shape index (κ2) is 6.85. The Morgan fingerprint density at radius 3 is 2.42 bits per heavy atom. The quantitative estimate of drug-likeness (QED) is 0.625. The third-order valence-corrected chi connectivity index (χ3v) is 4.84. The molecule has 0 amide bonds. The van der Waals surface area contributed by atoms with Crippen molar-refractivity contribution >= 4 is 17.3 Å². The minimum absolute atomic E-state index is 0.617. The number of nitrogens with zero attached hydrogens (tertiary/aromatic N) is 1. The van der Waals surface area contributed by atoms with Gasteiger partial charge in [0.1, 0.15) is 0 Å². The maximum atomic E-state index is 6.32. The van der Waals surface area contributed by atoms with Gasteiger partial charge in [-0.25, -0.2) is 0 Å². The number of halogens is 1. The van der Waals surface area contributed by atoms with E-state index >= 15 is 0 Å². The molecule has 3 aromatic carbocycles. The summed E-state index contributed by atoms with van der Waals surface area (Å²) >= 11 is 6.32. The number of rotatable bonds is 3. The van der Waals surface area contributed by atoms with Crippen molar-refractivity contribution < 1.29 is 9.47 Å². The van der Waals surface area contributed by atoms with Crippen LogP contribution in [0.1, 0.15) is 16.7 Å². The standard InChI is InChI=1S/C22H18ClNO2/c1-25-20-10-7-14(11-21(20)26-2)22-19-12-16(23)8-9-18(19)17-6-4-3-5-15(17)13-24-22/h3-12H,13H2,1-2H3. The molecule has 0 bridgehead atoms. The average Bonchev–Trinajstić information content (AvgIpc) is 2.84. The van der Waals surface area contributed by atoms with Crippen LogP contribution in [0.5, 0.6) is 11.5 Å². The zero-order chi connectivity index (χ0) is 18.1. The van der Waals surface area contributed by atoms with Crippen LogP contribution in [0.25, 0.3) is 11.1 Å². The molecule has 0 aromatic heterocycles. The lowest BCUT2D eigenvalue weighted by Gasteiger charge is -2.14. The second-order valence-corrected chi connectivity index (χ2v) is 6.52. The van der Waals surface area contributed by atoms with E-state index in [1.807, 2.05) is 36.4 Å². The normalized spacial score (nSPS) is 12.5. The molecule has 1 heterocycles. The Morgan fingerprint density at radius 2 is 1.62 bits per heavy atom. The van der Waals surface area contributed by atoms with Gasteiger partial charge in [0.25, 0.3) is 0 Å². The van der Waals surface area contributed by atoms with Crippen molar-refractivity contribution in [3.05, 3.63) is 82.4 Å². The molecule has 1 aliphatic heterocycles. The summed E-state index contributed by atoms with van der Waals surface area (Å²) in [6.07, 6.45) is 0. The highest BCUT2D eigenvalue weighted by atomic mass is 35.5. The molecule has 0 atom stereocenters. The molecule has 3 nitrogen and oxygen atoms in total. The van der Waals surface area contributed by atoms with Gasteiger partial charge in [-0.05, 0) is 47.0 Å². The maximum absolute atomic E-state index is 6.32. The fourth-order valence-electron chi connectivity index (χ4n) is 3.35. The molecule has 0 spiro atoms. The van der Waals surface area contributed by atoms with E-state index in [1.54, 1.807) is 14.2 Å². The first-order valence-electron chi connectivity index (χ1n) is 8.36. The molecule has 0 fully saturated rings.